The van der Waals surface area contributed by atoms with Crippen LogP contribution in [0.1, 0.15) is 0 Å². The molecule has 1 N–H and O–H groups in total. The molecule has 0 fully saturated rings. The van der Waals surface area contributed by atoms with Gasteiger partial charge in [0.15, 0.2) is 5.65 Å². The maximum Gasteiger partial charge on any atom is 0.270 e. The van der Waals surface area contributed by atoms with Gasteiger partial charge in [0.1, 0.15) is 11.2 Å². The monoisotopic (exact) mass is 430 g/mol. The van der Waals surface area contributed by atoms with E-state index in [1.165, 1.54) is 16.9 Å². The van der Waals surface area contributed by atoms with Gasteiger partial charge >= 0.3 is 0 Å². The average molecular weight is 431 g/mol. The molecular weight excluding hydrogens is 420 g/mol. The maximum atomic E-state index is 12.7. The molecule has 4 rings (SSSR count). The van der Waals surface area contributed by atoms with Crippen LogP contribution in [0.2, 0.25) is 5.02 Å². The molecule has 0 aliphatic carbocycles. The lowest BCUT2D eigenvalue weighted by molar-refractivity contribution is -0.385. The van der Waals surface area contributed by atoms with Crippen molar-refractivity contribution in [2.45, 2.75) is 4.90 Å². The van der Waals surface area contributed by atoms with Gasteiger partial charge in [0.2, 0.25) is 0 Å². The van der Waals surface area contributed by atoms with Gasteiger partial charge in [-0.15, -0.1) is 10.2 Å². The van der Waals surface area contributed by atoms with Crippen molar-refractivity contribution < 1.29 is 13.3 Å². The zero-order valence-electron chi connectivity index (χ0n) is 14.4. The molecule has 12 heteroatoms. The van der Waals surface area contributed by atoms with Crippen LogP contribution in [0.3, 0.4) is 0 Å². The van der Waals surface area contributed by atoms with Gasteiger partial charge in [-0.2, -0.15) is 9.61 Å². The summed E-state index contributed by atoms with van der Waals surface area (Å²) in [5.74, 6) is 0. The molecule has 146 valence electrons. The number of halogens is 1. The molecule has 0 radical (unpaired) electrons. The van der Waals surface area contributed by atoms with Gasteiger partial charge in [-0.05, 0) is 30.3 Å². The fourth-order valence-electron chi connectivity index (χ4n) is 2.65. The molecule has 2 aromatic heterocycles. The van der Waals surface area contributed by atoms with Crippen LogP contribution in [0, 0.1) is 10.1 Å². The van der Waals surface area contributed by atoms with Gasteiger partial charge in [0.05, 0.1) is 15.6 Å². The number of hydrogen-bond donors (Lipinski definition) is 1. The van der Waals surface area contributed by atoms with Crippen molar-refractivity contribution in [1.82, 2.24) is 19.8 Å². The Kier molecular flexibility index (Phi) is 4.60. The van der Waals surface area contributed by atoms with Gasteiger partial charge in [0.25, 0.3) is 15.7 Å². The number of nitro benzene ring substituents is 1. The molecule has 0 saturated heterocycles. The molecule has 0 amide bonds. The molecule has 4 aromatic rings. The average Bonchev–Trinajstić information content (AvgIpc) is 3.15. The van der Waals surface area contributed by atoms with Crippen LogP contribution in [0.4, 0.5) is 11.4 Å². The Balaban J connectivity index is 1.68. The van der Waals surface area contributed by atoms with Crippen LogP contribution in [0.15, 0.2) is 65.8 Å². The van der Waals surface area contributed by atoms with E-state index in [4.69, 9.17) is 11.6 Å². The molecule has 0 atom stereocenters. The lowest BCUT2D eigenvalue weighted by Crippen LogP contribution is -2.14. The van der Waals surface area contributed by atoms with Gasteiger partial charge < -0.3 is 0 Å². The van der Waals surface area contributed by atoms with Gasteiger partial charge in [-0.3, -0.25) is 14.8 Å². The van der Waals surface area contributed by atoms with Crippen LogP contribution < -0.4 is 4.72 Å². The van der Waals surface area contributed by atoms with Crippen molar-refractivity contribution in [3.8, 4) is 11.3 Å². The number of sulfonamides is 1. The second-order valence-corrected chi connectivity index (χ2v) is 7.97. The Bertz CT molecular complexity index is 1360. The number of anilines is 1. The number of nitro groups is 1. The minimum atomic E-state index is -4.16. The lowest BCUT2D eigenvalue weighted by Gasteiger charge is -2.10. The van der Waals surface area contributed by atoms with Crippen LogP contribution in [0.25, 0.3) is 16.9 Å². The molecule has 29 heavy (non-hydrogen) atoms. The van der Waals surface area contributed by atoms with E-state index in [0.29, 0.717) is 16.9 Å². The number of rotatable bonds is 5. The summed E-state index contributed by atoms with van der Waals surface area (Å²) in [6.45, 7) is 0. The Morgan fingerprint density at radius 1 is 1.10 bits per heavy atom. The highest BCUT2D eigenvalue weighted by atomic mass is 35.5. The number of benzene rings is 2. The third-order valence-corrected chi connectivity index (χ3v) is 5.85. The second kappa shape index (κ2) is 7.11. The largest absolute Gasteiger partial charge is 0.280 e. The van der Waals surface area contributed by atoms with Crippen molar-refractivity contribution in [1.29, 1.82) is 0 Å². The second-order valence-electron chi connectivity index (χ2n) is 5.91. The predicted molar refractivity (Wildman–Crippen MR) is 105 cm³/mol. The zero-order chi connectivity index (χ0) is 20.6. The minimum absolute atomic E-state index is 0.126. The van der Waals surface area contributed by atoms with E-state index in [0.717, 1.165) is 12.1 Å². The standard InChI is InChI=1S/C17H11ClN6O4S/c18-14-5-4-13(24(25)26)9-16(14)29(27,28)22-12-3-1-2-11(8-12)15-6-7-17-20-19-10-23(17)21-15/h1-10,22H. The summed E-state index contributed by atoms with van der Waals surface area (Å²) in [4.78, 5) is 9.88. The first kappa shape index (κ1) is 18.8. The van der Waals surface area contributed by atoms with Crippen molar-refractivity contribution in [3.63, 3.8) is 0 Å². The van der Waals surface area contributed by atoms with Crippen molar-refractivity contribution >= 4 is 38.6 Å². The topological polar surface area (TPSA) is 132 Å². The molecule has 2 heterocycles. The zero-order valence-corrected chi connectivity index (χ0v) is 16.0. The lowest BCUT2D eigenvalue weighted by atomic mass is 10.1. The number of fused-ring (bicyclic) bond motifs is 1. The summed E-state index contributed by atoms with van der Waals surface area (Å²) >= 11 is 5.96. The highest BCUT2D eigenvalue weighted by Gasteiger charge is 2.22. The van der Waals surface area contributed by atoms with E-state index in [-0.39, 0.29) is 21.3 Å². The molecular formula is C17H11ClN6O4S. The van der Waals surface area contributed by atoms with Gasteiger partial charge in [-0.25, -0.2) is 8.42 Å². The quantitative estimate of drug-likeness (QED) is 0.379. The van der Waals surface area contributed by atoms with E-state index in [1.54, 1.807) is 36.4 Å². The number of aromatic nitrogens is 4. The molecule has 0 saturated carbocycles. The molecule has 0 spiro atoms. The third-order valence-electron chi connectivity index (χ3n) is 3.99. The van der Waals surface area contributed by atoms with Crippen LogP contribution in [-0.4, -0.2) is 33.2 Å². The first-order valence-electron chi connectivity index (χ1n) is 8.08. The highest BCUT2D eigenvalue weighted by molar-refractivity contribution is 7.92. The third kappa shape index (κ3) is 3.73. The summed E-state index contributed by atoms with van der Waals surface area (Å²) in [5, 5.41) is 22.8. The highest BCUT2D eigenvalue weighted by Crippen LogP contribution is 2.29. The summed E-state index contributed by atoms with van der Waals surface area (Å²) in [5.41, 5.74) is 1.66. The Hall–Kier alpha value is -3.57. The van der Waals surface area contributed by atoms with Crippen molar-refractivity contribution in [2.24, 2.45) is 0 Å². The first-order valence-corrected chi connectivity index (χ1v) is 9.94. The summed E-state index contributed by atoms with van der Waals surface area (Å²) in [6, 6.07) is 13.2. The Morgan fingerprint density at radius 3 is 2.72 bits per heavy atom. The van der Waals surface area contributed by atoms with Gasteiger partial charge in [-0.1, -0.05) is 23.7 Å². The molecule has 0 bridgehead atoms. The van der Waals surface area contributed by atoms with Crippen molar-refractivity contribution in [2.75, 3.05) is 4.72 Å². The van der Waals surface area contributed by atoms with Crippen LogP contribution >= 0.6 is 11.6 Å². The molecule has 2 aromatic carbocycles. The molecule has 0 aliphatic heterocycles. The molecule has 0 unspecified atom stereocenters. The molecule has 10 nitrogen and oxygen atoms in total. The summed E-state index contributed by atoms with van der Waals surface area (Å²) in [6.07, 6.45) is 1.45. The van der Waals surface area contributed by atoms with Crippen molar-refractivity contribution in [3.05, 3.63) is 76.1 Å². The molecule has 0 aliphatic rings. The van der Waals surface area contributed by atoms with E-state index >= 15 is 0 Å². The van der Waals surface area contributed by atoms with E-state index < -0.39 is 14.9 Å². The van der Waals surface area contributed by atoms with Crippen LogP contribution in [-0.2, 0) is 10.0 Å². The smallest absolute Gasteiger partial charge is 0.270 e. The van der Waals surface area contributed by atoms with Crippen LogP contribution in [0.5, 0.6) is 0 Å². The SMILES string of the molecule is O=[N+]([O-])c1ccc(Cl)c(S(=O)(=O)Nc2cccc(-c3ccc4nncn4n3)c2)c1. The Labute approximate surface area is 169 Å². The normalized spacial score (nSPS) is 11.5. The minimum Gasteiger partial charge on any atom is -0.280 e. The number of non-ortho nitro benzene ring substituents is 1. The first-order chi connectivity index (χ1) is 13.8. The number of nitrogens with zero attached hydrogens (tertiary/aromatic N) is 5. The predicted octanol–water partition coefficient (Wildman–Crippen LogP) is 3.15. The number of hydrogen-bond acceptors (Lipinski definition) is 7. The summed E-state index contributed by atoms with van der Waals surface area (Å²) in [7, 11) is -4.16. The van der Waals surface area contributed by atoms with E-state index in [1.807, 2.05) is 0 Å². The van der Waals surface area contributed by atoms with Gasteiger partial charge in [0, 0.05) is 23.4 Å². The fraction of sp³-hybridized carbons (Fsp3) is 0. The maximum absolute atomic E-state index is 12.7. The Morgan fingerprint density at radius 2 is 1.93 bits per heavy atom. The van der Waals surface area contributed by atoms with E-state index in [2.05, 4.69) is 20.0 Å². The summed E-state index contributed by atoms with van der Waals surface area (Å²) < 4.78 is 29.3. The fourth-order valence-corrected chi connectivity index (χ4v) is 4.22. The number of nitrogens with one attached hydrogen (secondary N) is 1. The van der Waals surface area contributed by atoms with E-state index in [9.17, 15) is 18.5 Å².